The molecule has 2 aromatic carbocycles. The van der Waals surface area contributed by atoms with Crippen LogP contribution < -0.4 is 20.1 Å². The second kappa shape index (κ2) is 9.18. The van der Waals surface area contributed by atoms with Crippen LogP contribution in [0.15, 0.2) is 52.3 Å². The summed E-state index contributed by atoms with van der Waals surface area (Å²) in [6.45, 7) is 1.22. The van der Waals surface area contributed by atoms with Gasteiger partial charge in [-0.25, -0.2) is 4.79 Å². The third-order valence-electron chi connectivity index (χ3n) is 3.72. The average Bonchev–Trinajstić information content (AvgIpc) is 2.66. The molecule has 0 aromatic heterocycles. The van der Waals surface area contributed by atoms with Gasteiger partial charge in [-0.2, -0.15) is 0 Å². The molecule has 1 heterocycles. The molecule has 27 heavy (non-hydrogen) atoms. The maximum absolute atomic E-state index is 12.2. The first kappa shape index (κ1) is 18.9. The van der Waals surface area contributed by atoms with Crippen LogP contribution in [0.1, 0.15) is 12.8 Å². The van der Waals surface area contributed by atoms with Crippen molar-refractivity contribution in [3.8, 4) is 11.5 Å². The third-order valence-corrected chi connectivity index (χ3v) is 4.78. The lowest BCUT2D eigenvalue weighted by Crippen LogP contribution is -2.30. The van der Waals surface area contributed by atoms with E-state index in [9.17, 15) is 9.59 Å². The SMILES string of the molecule is O=C(O)CCCNC(=O)Nc1cc2c(cc1Sc1ccccc1)OCCO2. The number of amides is 2. The fourth-order valence-electron chi connectivity index (χ4n) is 2.48. The highest BCUT2D eigenvalue weighted by Crippen LogP contribution is 2.42. The van der Waals surface area contributed by atoms with Crippen molar-refractivity contribution in [3.63, 3.8) is 0 Å². The van der Waals surface area contributed by atoms with Gasteiger partial charge in [0.2, 0.25) is 0 Å². The van der Waals surface area contributed by atoms with Gasteiger partial charge >= 0.3 is 12.0 Å². The monoisotopic (exact) mass is 388 g/mol. The van der Waals surface area contributed by atoms with Gasteiger partial charge in [-0.15, -0.1) is 0 Å². The molecular weight excluding hydrogens is 368 g/mol. The van der Waals surface area contributed by atoms with Crippen molar-refractivity contribution in [2.24, 2.45) is 0 Å². The van der Waals surface area contributed by atoms with Gasteiger partial charge in [0.25, 0.3) is 0 Å². The Morgan fingerprint density at radius 2 is 1.78 bits per heavy atom. The molecule has 0 bridgehead atoms. The summed E-state index contributed by atoms with van der Waals surface area (Å²) >= 11 is 1.51. The number of benzene rings is 2. The fraction of sp³-hybridized carbons (Fsp3) is 0.263. The quantitative estimate of drug-likeness (QED) is 0.627. The molecular formula is C19H20N2O5S. The molecule has 0 saturated carbocycles. The van der Waals surface area contributed by atoms with Crippen LogP contribution in [-0.4, -0.2) is 36.9 Å². The van der Waals surface area contributed by atoms with Crippen LogP contribution >= 0.6 is 11.8 Å². The minimum Gasteiger partial charge on any atom is -0.486 e. The highest BCUT2D eigenvalue weighted by atomic mass is 32.2. The predicted molar refractivity (Wildman–Crippen MR) is 102 cm³/mol. The second-order valence-corrected chi connectivity index (χ2v) is 6.90. The number of aliphatic carboxylic acids is 1. The number of carboxylic acids is 1. The number of carboxylic acid groups (broad SMARTS) is 1. The number of carbonyl (C=O) groups excluding carboxylic acids is 1. The van der Waals surface area contributed by atoms with E-state index in [1.165, 1.54) is 11.8 Å². The first-order valence-corrected chi connectivity index (χ1v) is 9.36. The van der Waals surface area contributed by atoms with E-state index in [4.69, 9.17) is 14.6 Å². The van der Waals surface area contributed by atoms with Crippen molar-refractivity contribution in [2.75, 3.05) is 25.1 Å². The number of urea groups is 1. The zero-order valence-electron chi connectivity index (χ0n) is 14.6. The first-order valence-electron chi connectivity index (χ1n) is 8.55. The molecule has 1 aliphatic rings. The number of nitrogens with one attached hydrogen (secondary N) is 2. The molecule has 0 spiro atoms. The lowest BCUT2D eigenvalue weighted by Gasteiger charge is -2.21. The van der Waals surface area contributed by atoms with Crippen LogP contribution in [0, 0.1) is 0 Å². The normalized spacial score (nSPS) is 12.3. The Morgan fingerprint density at radius 3 is 2.48 bits per heavy atom. The Bertz CT molecular complexity index is 813. The number of hydrogen-bond acceptors (Lipinski definition) is 5. The van der Waals surface area contributed by atoms with Crippen molar-refractivity contribution >= 4 is 29.4 Å². The lowest BCUT2D eigenvalue weighted by molar-refractivity contribution is -0.137. The first-order chi connectivity index (χ1) is 13.1. The number of rotatable bonds is 7. The van der Waals surface area contributed by atoms with E-state index in [-0.39, 0.29) is 13.0 Å². The minimum atomic E-state index is -0.884. The largest absolute Gasteiger partial charge is 0.486 e. The van der Waals surface area contributed by atoms with Crippen LogP contribution in [0.4, 0.5) is 10.5 Å². The number of anilines is 1. The van der Waals surface area contributed by atoms with Gasteiger partial charge in [-0.1, -0.05) is 30.0 Å². The summed E-state index contributed by atoms with van der Waals surface area (Å²) in [6.07, 6.45) is 0.384. The van der Waals surface area contributed by atoms with Crippen LogP contribution in [0.2, 0.25) is 0 Å². The van der Waals surface area contributed by atoms with Crippen LogP contribution in [-0.2, 0) is 4.79 Å². The molecule has 2 aromatic rings. The summed E-state index contributed by atoms with van der Waals surface area (Å²) in [5.74, 6) is 0.345. The van der Waals surface area contributed by atoms with E-state index < -0.39 is 12.0 Å². The van der Waals surface area contributed by atoms with Crippen molar-refractivity contribution in [2.45, 2.75) is 22.6 Å². The topological polar surface area (TPSA) is 96.9 Å². The maximum Gasteiger partial charge on any atom is 0.319 e. The summed E-state index contributed by atoms with van der Waals surface area (Å²) < 4.78 is 11.2. The maximum atomic E-state index is 12.2. The molecule has 0 saturated heterocycles. The molecule has 142 valence electrons. The Balaban J connectivity index is 1.73. The van der Waals surface area contributed by atoms with E-state index in [0.717, 1.165) is 9.79 Å². The zero-order valence-corrected chi connectivity index (χ0v) is 15.4. The molecule has 0 atom stereocenters. The summed E-state index contributed by atoms with van der Waals surface area (Å²) in [6, 6.07) is 13.0. The number of fused-ring (bicyclic) bond motifs is 1. The molecule has 0 aliphatic carbocycles. The van der Waals surface area contributed by atoms with Gasteiger partial charge in [0.05, 0.1) is 5.69 Å². The smallest absolute Gasteiger partial charge is 0.319 e. The van der Waals surface area contributed by atoms with Gasteiger partial charge in [-0.05, 0) is 18.6 Å². The zero-order chi connectivity index (χ0) is 19.1. The van der Waals surface area contributed by atoms with E-state index in [1.807, 2.05) is 36.4 Å². The number of carbonyl (C=O) groups is 2. The summed E-state index contributed by atoms with van der Waals surface area (Å²) in [4.78, 5) is 24.6. The molecule has 3 N–H and O–H groups in total. The van der Waals surface area contributed by atoms with Crippen LogP contribution in [0.25, 0.3) is 0 Å². The minimum absolute atomic E-state index is 0.0133. The molecule has 1 aliphatic heterocycles. The third kappa shape index (κ3) is 5.55. The predicted octanol–water partition coefficient (Wildman–Crippen LogP) is 3.60. The fourth-order valence-corrected chi connectivity index (χ4v) is 3.41. The van der Waals surface area contributed by atoms with Crippen molar-refractivity contribution < 1.29 is 24.2 Å². The number of ether oxygens (including phenoxy) is 2. The van der Waals surface area contributed by atoms with Gasteiger partial charge < -0.3 is 25.2 Å². The standard InChI is InChI=1S/C19H20N2O5S/c22-18(23)7-4-8-20-19(24)21-14-11-15-16(26-10-9-25-15)12-17(14)27-13-5-2-1-3-6-13/h1-3,5-6,11-12H,4,7-10H2,(H,22,23)(H2,20,21,24). The molecule has 0 unspecified atom stereocenters. The summed E-state index contributed by atoms with van der Waals surface area (Å²) in [5, 5.41) is 14.1. The van der Waals surface area contributed by atoms with E-state index in [2.05, 4.69) is 10.6 Å². The Labute approximate surface area is 161 Å². The molecule has 7 nitrogen and oxygen atoms in total. The molecule has 2 amide bonds. The molecule has 0 fully saturated rings. The Kier molecular flexibility index (Phi) is 6.43. The highest BCUT2D eigenvalue weighted by Gasteiger charge is 2.18. The van der Waals surface area contributed by atoms with Crippen LogP contribution in [0.5, 0.6) is 11.5 Å². The van der Waals surface area contributed by atoms with Gasteiger partial charge in [-0.3, -0.25) is 4.79 Å². The van der Waals surface area contributed by atoms with Crippen molar-refractivity contribution in [1.82, 2.24) is 5.32 Å². The summed E-state index contributed by atoms with van der Waals surface area (Å²) in [5.41, 5.74) is 0.601. The average molecular weight is 388 g/mol. The van der Waals surface area contributed by atoms with Crippen LogP contribution in [0.3, 0.4) is 0 Å². The Hall–Kier alpha value is -2.87. The highest BCUT2D eigenvalue weighted by molar-refractivity contribution is 7.99. The van der Waals surface area contributed by atoms with Gasteiger partial charge in [0, 0.05) is 34.9 Å². The van der Waals surface area contributed by atoms with E-state index in [1.54, 1.807) is 6.07 Å². The van der Waals surface area contributed by atoms with Crippen molar-refractivity contribution in [1.29, 1.82) is 0 Å². The van der Waals surface area contributed by atoms with E-state index in [0.29, 0.717) is 36.8 Å². The Morgan fingerprint density at radius 1 is 1.07 bits per heavy atom. The lowest BCUT2D eigenvalue weighted by atomic mass is 10.2. The molecule has 3 rings (SSSR count). The van der Waals surface area contributed by atoms with Gasteiger partial charge in [0.15, 0.2) is 11.5 Å². The molecule has 8 heteroatoms. The number of hydrogen-bond donors (Lipinski definition) is 3. The van der Waals surface area contributed by atoms with Crippen molar-refractivity contribution in [3.05, 3.63) is 42.5 Å². The second-order valence-electron chi connectivity index (χ2n) is 5.79. The molecule has 0 radical (unpaired) electrons. The van der Waals surface area contributed by atoms with Gasteiger partial charge in [0.1, 0.15) is 13.2 Å². The summed E-state index contributed by atoms with van der Waals surface area (Å²) in [7, 11) is 0. The van der Waals surface area contributed by atoms with E-state index >= 15 is 0 Å².